The lowest BCUT2D eigenvalue weighted by Gasteiger charge is -2.67. The first-order valence-electron chi connectivity index (χ1n) is 19.6. The lowest BCUT2D eigenvalue weighted by molar-refractivity contribution is -0.00991. The van der Waals surface area contributed by atoms with E-state index in [1.165, 1.54) is 60.8 Å². The van der Waals surface area contributed by atoms with Gasteiger partial charge in [0.1, 0.15) is 0 Å². The van der Waals surface area contributed by atoms with Gasteiger partial charge in [0.15, 0.2) is 14.9 Å². The summed E-state index contributed by atoms with van der Waals surface area (Å²) in [5.41, 5.74) is 18.5. The molecule has 4 aliphatic carbocycles. The van der Waals surface area contributed by atoms with E-state index in [2.05, 4.69) is 137 Å². The van der Waals surface area contributed by atoms with Gasteiger partial charge in [0.2, 0.25) is 0 Å². The Bertz CT molecular complexity index is 1890. The van der Waals surface area contributed by atoms with Gasteiger partial charge < -0.3 is 0 Å². The van der Waals surface area contributed by atoms with E-state index in [0.29, 0.717) is 5.41 Å². The van der Waals surface area contributed by atoms with E-state index in [1.807, 2.05) is 0 Å². The number of benzene rings is 4. The van der Waals surface area contributed by atoms with Crippen molar-refractivity contribution < 1.29 is 0 Å². The van der Waals surface area contributed by atoms with Crippen LogP contribution in [0.3, 0.4) is 0 Å². The summed E-state index contributed by atoms with van der Waals surface area (Å²) in [6, 6.07) is 20.5. The largest absolute Gasteiger partial charge is 0.178 e. The van der Waals surface area contributed by atoms with Crippen molar-refractivity contribution in [3.63, 3.8) is 0 Å². The molecule has 0 saturated heterocycles. The molecule has 1 aliphatic heterocycles. The second kappa shape index (κ2) is 11.7. The van der Waals surface area contributed by atoms with Crippen LogP contribution in [0.1, 0.15) is 105 Å². The van der Waals surface area contributed by atoms with Gasteiger partial charge in [-0.3, -0.25) is 0 Å². The molecule has 1 heterocycles. The average Bonchev–Trinajstić information content (AvgIpc) is 2.95. The Morgan fingerprint density at radius 3 is 0.960 bits per heavy atom. The molecule has 4 aromatic carbocycles. The lowest BCUT2D eigenvalue weighted by atomic mass is 9.50. The van der Waals surface area contributed by atoms with Crippen molar-refractivity contribution in [1.29, 1.82) is 0 Å². The minimum Gasteiger partial charge on any atom is -0.121 e. The zero-order valence-electron chi connectivity index (χ0n) is 33.0. The van der Waals surface area contributed by atoms with Gasteiger partial charge in [-0.1, -0.05) is 115 Å². The van der Waals surface area contributed by atoms with E-state index in [9.17, 15) is 0 Å². The van der Waals surface area contributed by atoms with Crippen LogP contribution in [0.2, 0.25) is 0 Å². The van der Waals surface area contributed by atoms with E-state index in [0.717, 1.165) is 17.8 Å². The summed E-state index contributed by atoms with van der Waals surface area (Å²) in [4.78, 5) is 2.07. The molecule has 4 bridgehead atoms. The summed E-state index contributed by atoms with van der Waals surface area (Å²) in [5, 5.41) is 7.15. The third-order valence-electron chi connectivity index (χ3n) is 13.9. The molecule has 0 unspecified atom stereocenters. The second-order valence-corrected chi connectivity index (χ2v) is 33.2. The third kappa shape index (κ3) is 4.69. The van der Waals surface area contributed by atoms with Gasteiger partial charge in [-0.15, -0.1) is 7.75 Å². The van der Waals surface area contributed by atoms with Gasteiger partial charge in [0.05, 0.1) is 0 Å². The van der Waals surface area contributed by atoms with Gasteiger partial charge in [-0.05, 0) is 170 Å². The molecule has 0 nitrogen and oxygen atoms in total. The van der Waals surface area contributed by atoms with Crippen LogP contribution >= 0.6 is 7.75 Å². The van der Waals surface area contributed by atoms with Crippen molar-refractivity contribution in [2.75, 3.05) is 0 Å². The fourth-order valence-corrected chi connectivity index (χ4v) is 49.1. The molecule has 4 aromatic rings. The van der Waals surface area contributed by atoms with E-state index < -0.39 is 14.9 Å². The Balaban J connectivity index is 1.66. The maximum atomic E-state index is 2.57. The molecule has 0 spiro atoms. The Hall–Kier alpha value is -2.52. The highest BCUT2D eigenvalue weighted by molar-refractivity contribution is 8.18. The predicted octanol–water partition coefficient (Wildman–Crippen LogP) is 9.68. The number of hydrogen-bond donors (Lipinski definition) is 0. The highest BCUT2D eigenvalue weighted by Crippen LogP contribution is 2.65. The second-order valence-electron chi connectivity index (χ2n) is 18.2. The maximum absolute atomic E-state index is 2.71. The molecule has 0 radical (unpaired) electrons. The fourth-order valence-electron chi connectivity index (χ4n) is 13.8. The molecule has 0 atom stereocenters. The van der Waals surface area contributed by atoms with Gasteiger partial charge >= 0.3 is 0 Å². The summed E-state index contributed by atoms with van der Waals surface area (Å²) in [7, 11) is -3.55. The average molecular weight is 711 g/mol. The van der Waals surface area contributed by atoms with E-state index in [4.69, 9.17) is 0 Å². The molecule has 3 heteroatoms. The zero-order valence-corrected chi connectivity index (χ0v) is 35.9. The van der Waals surface area contributed by atoms with E-state index in [1.54, 1.807) is 73.0 Å². The predicted molar refractivity (Wildman–Crippen MR) is 225 cm³/mol. The van der Waals surface area contributed by atoms with Crippen LogP contribution < -0.4 is 20.7 Å². The lowest BCUT2D eigenvalue weighted by Crippen LogP contribution is -2.94. The van der Waals surface area contributed by atoms with Crippen molar-refractivity contribution in [2.45, 2.75) is 122 Å². The van der Waals surface area contributed by atoms with Gasteiger partial charge in [-0.2, -0.15) is 0 Å². The first kappa shape index (κ1) is 34.6. The summed E-state index contributed by atoms with van der Waals surface area (Å²) >= 11 is 0. The third-order valence-corrected chi connectivity index (χ3v) is 40.1. The minimum atomic E-state index is -2.71. The van der Waals surface area contributed by atoms with Gasteiger partial charge in [0.25, 0.3) is 0 Å². The Morgan fingerprint density at radius 1 is 0.420 bits per heavy atom. The van der Waals surface area contributed by atoms with Crippen LogP contribution in [0, 0.1) is 106 Å². The first-order chi connectivity index (χ1) is 23.6. The standard InChI is InChI=1S/C47H59PSi2/c1-27-13-31(5)42(32(6)14-27)49(43-33(7)15-28(2)16-34(43)8)46(47-24-39-21-40(25-47)23-41(22-39)26-47)48-50(49,44-35(9)17-29(3)18-36(44)10)45-37(11)19-30(4)20-38(45)12/h13-20,39-41H,21-26H2,1-12H3. The van der Waals surface area contributed by atoms with Crippen molar-refractivity contribution in [2.24, 2.45) is 23.2 Å². The molecule has 4 fully saturated rings. The van der Waals surface area contributed by atoms with Crippen molar-refractivity contribution in [3.05, 3.63) is 115 Å². The molecule has 0 N–H and O–H groups in total. The molecule has 0 amide bonds. The van der Waals surface area contributed by atoms with Crippen LogP contribution in [0.15, 0.2) is 48.5 Å². The van der Waals surface area contributed by atoms with Crippen molar-refractivity contribution in [3.8, 4) is 0 Å². The topological polar surface area (TPSA) is 0 Å². The molecular formula is C47H59PSi2. The fraction of sp³-hybridized carbons (Fsp3) is 0.468. The summed E-state index contributed by atoms with van der Waals surface area (Å²) in [6.07, 6.45) is 8.85. The van der Waals surface area contributed by atoms with E-state index in [-0.39, 0.29) is 0 Å². The monoisotopic (exact) mass is 710 g/mol. The Kier molecular flexibility index (Phi) is 8.12. The summed E-state index contributed by atoms with van der Waals surface area (Å²) < 4.78 is 0. The Morgan fingerprint density at radius 2 is 0.680 bits per heavy atom. The van der Waals surface area contributed by atoms with Gasteiger partial charge in [0, 0.05) is 0 Å². The highest BCUT2D eigenvalue weighted by atomic mass is 31.4. The molecule has 50 heavy (non-hydrogen) atoms. The SMILES string of the molecule is Cc1cc(C)c([Si]2(c3c(C)cc(C)cc3C)P=C(C34CC5CC(CC(C5)C3)C4)[Si]2(c2c(C)cc(C)cc2C)c2c(C)cc(C)cc2C)c(C)c1. The number of aryl methyl sites for hydroxylation is 12. The highest BCUT2D eigenvalue weighted by Gasteiger charge is 2.74. The number of rotatable bonds is 5. The maximum Gasteiger partial charge on any atom is 0.178 e. The van der Waals surface area contributed by atoms with Gasteiger partial charge in [-0.25, -0.2) is 0 Å². The van der Waals surface area contributed by atoms with E-state index >= 15 is 0 Å². The quantitative estimate of drug-likeness (QED) is 0.143. The van der Waals surface area contributed by atoms with Crippen LogP contribution in [-0.2, 0) is 0 Å². The molecule has 260 valence electrons. The van der Waals surface area contributed by atoms with Crippen LogP contribution in [0.4, 0.5) is 0 Å². The molecule has 4 saturated carbocycles. The summed E-state index contributed by atoms with van der Waals surface area (Å²) in [5.74, 6) is 2.79. The number of hydrogen-bond acceptors (Lipinski definition) is 0. The molecule has 9 rings (SSSR count). The molecular weight excluding hydrogens is 652 g/mol. The molecule has 0 aromatic heterocycles. The van der Waals surface area contributed by atoms with Crippen LogP contribution in [-0.4, -0.2) is 19.8 Å². The summed E-state index contributed by atoms with van der Waals surface area (Å²) in [6.45, 7) is 29.3. The Labute approximate surface area is 307 Å². The van der Waals surface area contributed by atoms with Crippen molar-refractivity contribution in [1.82, 2.24) is 0 Å². The minimum absolute atomic E-state index is 0.381. The van der Waals surface area contributed by atoms with Crippen LogP contribution in [0.25, 0.3) is 0 Å². The zero-order chi connectivity index (χ0) is 35.7. The van der Waals surface area contributed by atoms with Crippen molar-refractivity contribution >= 4 is 48.3 Å². The smallest absolute Gasteiger partial charge is 0.121 e. The first-order valence-corrected chi connectivity index (χ1v) is 26.3. The molecule has 5 aliphatic rings. The normalized spacial score (nSPS) is 26.2. The van der Waals surface area contributed by atoms with Crippen LogP contribution in [0.5, 0.6) is 0 Å².